The van der Waals surface area contributed by atoms with Crippen molar-refractivity contribution in [3.63, 3.8) is 0 Å². The molecule has 4 heteroatoms. The first-order chi connectivity index (χ1) is 9.74. The molecule has 0 aliphatic carbocycles. The van der Waals surface area contributed by atoms with Crippen LogP contribution in [0.15, 0.2) is 46.9 Å². The highest BCUT2D eigenvalue weighted by Gasteiger charge is 2.07. The Balaban J connectivity index is 2.15. The zero-order chi connectivity index (χ0) is 14.4. The average Bonchev–Trinajstić information content (AvgIpc) is 2.47. The van der Waals surface area contributed by atoms with E-state index in [1.807, 2.05) is 36.4 Å². The highest BCUT2D eigenvalue weighted by atomic mass is 79.9. The summed E-state index contributed by atoms with van der Waals surface area (Å²) >= 11 is 3.47. The van der Waals surface area contributed by atoms with Crippen LogP contribution in [0.25, 0.3) is 0 Å². The van der Waals surface area contributed by atoms with Crippen LogP contribution in [0.4, 0.5) is 0 Å². The van der Waals surface area contributed by atoms with E-state index < -0.39 is 0 Å². The first-order valence-corrected chi connectivity index (χ1v) is 7.27. The van der Waals surface area contributed by atoms with Crippen molar-refractivity contribution in [1.82, 2.24) is 0 Å². The number of hydrogen-bond donors (Lipinski definition) is 1. The maximum absolute atomic E-state index is 5.84. The Bertz CT molecular complexity index is 572. The molecule has 0 saturated heterocycles. The van der Waals surface area contributed by atoms with Gasteiger partial charge in [0.25, 0.3) is 0 Å². The van der Waals surface area contributed by atoms with Crippen molar-refractivity contribution in [3.05, 3.63) is 58.1 Å². The lowest BCUT2D eigenvalue weighted by Crippen LogP contribution is -2.05. The number of rotatable bonds is 6. The number of ether oxygens (including phenoxy) is 2. The minimum atomic E-state index is 0.462. The predicted molar refractivity (Wildman–Crippen MR) is 84.2 cm³/mol. The molecule has 0 aromatic heterocycles. The van der Waals surface area contributed by atoms with Crippen LogP contribution in [0.1, 0.15) is 11.1 Å². The molecule has 2 N–H and O–H groups in total. The summed E-state index contributed by atoms with van der Waals surface area (Å²) in [5, 5.41) is 0. The van der Waals surface area contributed by atoms with Crippen LogP contribution >= 0.6 is 15.9 Å². The Labute approximate surface area is 127 Å². The Morgan fingerprint density at radius 3 is 2.60 bits per heavy atom. The SMILES string of the molecule is COc1ccc(CCN)cc1COc1ccccc1Br. The zero-order valence-corrected chi connectivity index (χ0v) is 13.0. The van der Waals surface area contributed by atoms with Gasteiger partial charge < -0.3 is 15.2 Å². The third kappa shape index (κ3) is 3.74. The second kappa shape index (κ2) is 7.31. The molecule has 0 aliphatic heterocycles. The van der Waals surface area contributed by atoms with Crippen molar-refractivity contribution < 1.29 is 9.47 Å². The molecule has 2 aromatic carbocycles. The first kappa shape index (κ1) is 14.9. The minimum absolute atomic E-state index is 0.462. The number of hydrogen-bond acceptors (Lipinski definition) is 3. The van der Waals surface area contributed by atoms with Gasteiger partial charge in [0.1, 0.15) is 18.1 Å². The molecule has 0 aliphatic rings. The molecule has 0 heterocycles. The van der Waals surface area contributed by atoms with E-state index in [1.54, 1.807) is 7.11 Å². The van der Waals surface area contributed by atoms with Gasteiger partial charge in [-0.15, -0.1) is 0 Å². The van der Waals surface area contributed by atoms with Gasteiger partial charge in [-0.25, -0.2) is 0 Å². The van der Waals surface area contributed by atoms with Gasteiger partial charge in [0.05, 0.1) is 11.6 Å². The van der Waals surface area contributed by atoms with Crippen LogP contribution in [-0.4, -0.2) is 13.7 Å². The quantitative estimate of drug-likeness (QED) is 0.878. The molecule has 0 unspecified atom stereocenters. The van der Waals surface area contributed by atoms with Gasteiger partial charge in [0, 0.05) is 5.56 Å². The van der Waals surface area contributed by atoms with Crippen molar-refractivity contribution in [2.75, 3.05) is 13.7 Å². The molecule has 0 radical (unpaired) electrons. The van der Waals surface area contributed by atoms with Gasteiger partial charge in [-0.2, -0.15) is 0 Å². The van der Waals surface area contributed by atoms with Gasteiger partial charge in [0.2, 0.25) is 0 Å². The number of methoxy groups -OCH3 is 1. The molecule has 0 atom stereocenters. The van der Waals surface area contributed by atoms with Crippen LogP contribution in [-0.2, 0) is 13.0 Å². The summed E-state index contributed by atoms with van der Waals surface area (Å²) in [6, 6.07) is 13.9. The first-order valence-electron chi connectivity index (χ1n) is 6.47. The number of nitrogens with two attached hydrogens (primary N) is 1. The fourth-order valence-corrected chi connectivity index (χ4v) is 2.38. The summed E-state index contributed by atoms with van der Waals surface area (Å²) in [5.74, 6) is 1.65. The molecule has 2 rings (SSSR count). The lowest BCUT2D eigenvalue weighted by molar-refractivity contribution is 0.295. The Morgan fingerprint density at radius 2 is 1.90 bits per heavy atom. The molecular formula is C16H18BrNO2. The van der Waals surface area contributed by atoms with Gasteiger partial charge in [-0.1, -0.05) is 18.2 Å². The summed E-state index contributed by atoms with van der Waals surface area (Å²) < 4.78 is 12.2. The molecule has 0 spiro atoms. The van der Waals surface area contributed by atoms with E-state index in [4.69, 9.17) is 15.2 Å². The van der Waals surface area contributed by atoms with Gasteiger partial charge in [0.15, 0.2) is 0 Å². The van der Waals surface area contributed by atoms with Crippen molar-refractivity contribution in [3.8, 4) is 11.5 Å². The molecule has 3 nitrogen and oxygen atoms in total. The van der Waals surface area contributed by atoms with Crippen molar-refractivity contribution in [1.29, 1.82) is 0 Å². The van der Waals surface area contributed by atoms with Crippen LogP contribution in [0, 0.1) is 0 Å². The summed E-state index contributed by atoms with van der Waals surface area (Å²) in [6.07, 6.45) is 0.853. The van der Waals surface area contributed by atoms with Crippen LogP contribution in [0.3, 0.4) is 0 Å². The number of benzene rings is 2. The molecule has 0 bridgehead atoms. The molecule has 2 aromatic rings. The van der Waals surface area contributed by atoms with E-state index in [-0.39, 0.29) is 0 Å². The summed E-state index contributed by atoms with van der Waals surface area (Å²) in [4.78, 5) is 0. The van der Waals surface area contributed by atoms with Gasteiger partial charge in [-0.3, -0.25) is 0 Å². The smallest absolute Gasteiger partial charge is 0.133 e. The van der Waals surface area contributed by atoms with Crippen molar-refractivity contribution in [2.24, 2.45) is 5.73 Å². The Hall–Kier alpha value is -1.52. The molecule has 20 heavy (non-hydrogen) atoms. The molecule has 106 valence electrons. The van der Waals surface area contributed by atoms with E-state index in [9.17, 15) is 0 Å². The van der Waals surface area contributed by atoms with E-state index in [2.05, 4.69) is 22.0 Å². The van der Waals surface area contributed by atoms with E-state index in [1.165, 1.54) is 5.56 Å². The molecular weight excluding hydrogens is 318 g/mol. The van der Waals surface area contributed by atoms with Crippen molar-refractivity contribution >= 4 is 15.9 Å². The monoisotopic (exact) mass is 335 g/mol. The molecule has 0 saturated carbocycles. The van der Waals surface area contributed by atoms with Gasteiger partial charge >= 0.3 is 0 Å². The summed E-state index contributed by atoms with van der Waals surface area (Å²) in [7, 11) is 1.67. The topological polar surface area (TPSA) is 44.5 Å². The highest BCUT2D eigenvalue weighted by molar-refractivity contribution is 9.10. The van der Waals surface area contributed by atoms with Crippen LogP contribution < -0.4 is 15.2 Å². The number of halogens is 1. The van der Waals surface area contributed by atoms with Crippen LogP contribution in [0.5, 0.6) is 11.5 Å². The minimum Gasteiger partial charge on any atom is -0.496 e. The third-order valence-electron chi connectivity index (χ3n) is 3.00. The normalized spacial score (nSPS) is 10.3. The lowest BCUT2D eigenvalue weighted by atomic mass is 10.1. The largest absolute Gasteiger partial charge is 0.496 e. The van der Waals surface area contributed by atoms with Gasteiger partial charge in [-0.05, 0) is 58.7 Å². The van der Waals surface area contributed by atoms with Crippen LogP contribution in [0.2, 0.25) is 0 Å². The van der Waals surface area contributed by atoms with E-state index in [0.29, 0.717) is 13.2 Å². The average molecular weight is 336 g/mol. The predicted octanol–water partition coefficient (Wildman–Crippen LogP) is 3.54. The second-order valence-electron chi connectivity index (χ2n) is 4.40. The molecule has 0 amide bonds. The zero-order valence-electron chi connectivity index (χ0n) is 11.4. The summed E-state index contributed by atoms with van der Waals surface area (Å²) in [6.45, 7) is 1.10. The second-order valence-corrected chi connectivity index (χ2v) is 5.26. The lowest BCUT2D eigenvalue weighted by Gasteiger charge is -2.12. The highest BCUT2D eigenvalue weighted by Crippen LogP contribution is 2.27. The standard InChI is InChI=1S/C16H18BrNO2/c1-19-15-7-6-12(8-9-18)10-13(15)11-20-16-5-3-2-4-14(16)17/h2-7,10H,8-9,11,18H2,1H3. The number of para-hydroxylation sites is 1. The third-order valence-corrected chi connectivity index (χ3v) is 3.65. The fourth-order valence-electron chi connectivity index (χ4n) is 1.98. The molecule has 0 fully saturated rings. The maximum atomic E-state index is 5.84. The van der Waals surface area contributed by atoms with E-state index in [0.717, 1.165) is 28.0 Å². The fraction of sp³-hybridized carbons (Fsp3) is 0.250. The Morgan fingerprint density at radius 1 is 1.10 bits per heavy atom. The Kier molecular flexibility index (Phi) is 5.44. The summed E-state index contributed by atoms with van der Waals surface area (Å²) in [5.41, 5.74) is 7.81. The van der Waals surface area contributed by atoms with E-state index >= 15 is 0 Å². The maximum Gasteiger partial charge on any atom is 0.133 e. The van der Waals surface area contributed by atoms with Crippen molar-refractivity contribution in [2.45, 2.75) is 13.0 Å².